The number of fused-ring (bicyclic) bond motifs is 8. The van der Waals surface area contributed by atoms with E-state index in [1.54, 1.807) is 0 Å². The summed E-state index contributed by atoms with van der Waals surface area (Å²) in [6.07, 6.45) is 0. The first-order valence-corrected chi connectivity index (χ1v) is 13.4. The van der Waals surface area contributed by atoms with Gasteiger partial charge in [0.05, 0.1) is 11.0 Å². The van der Waals surface area contributed by atoms with Gasteiger partial charge in [-0.3, -0.25) is 4.57 Å². The number of benzene rings is 5. The summed E-state index contributed by atoms with van der Waals surface area (Å²) in [6, 6.07) is 42.4. The third-order valence-corrected chi connectivity index (χ3v) is 8.73. The molecular formula is C36H28N2. The summed E-state index contributed by atoms with van der Waals surface area (Å²) in [5.41, 5.74) is 13.0. The minimum absolute atomic E-state index is 0.0242. The van der Waals surface area contributed by atoms with Gasteiger partial charge in [0.1, 0.15) is 5.65 Å². The van der Waals surface area contributed by atoms with E-state index < -0.39 is 0 Å². The monoisotopic (exact) mass is 488 g/mol. The minimum atomic E-state index is 0.0242. The number of hydrogen-bond donors (Lipinski definition) is 0. The zero-order valence-electron chi connectivity index (χ0n) is 21.9. The van der Waals surface area contributed by atoms with E-state index in [9.17, 15) is 0 Å². The average Bonchev–Trinajstić information content (AvgIpc) is 3.53. The molecule has 0 saturated heterocycles. The highest BCUT2D eigenvalue weighted by Crippen LogP contribution is 2.49. The first kappa shape index (κ1) is 21.5. The summed E-state index contributed by atoms with van der Waals surface area (Å²) < 4.78 is 4.75. The van der Waals surface area contributed by atoms with Crippen LogP contribution in [0.3, 0.4) is 0 Å². The van der Waals surface area contributed by atoms with Crippen molar-refractivity contribution in [1.29, 1.82) is 0 Å². The Balaban J connectivity index is 1.42. The number of hydrogen-bond acceptors (Lipinski definition) is 0. The fraction of sp³-hybridized carbons (Fsp3) is 0.111. The van der Waals surface area contributed by atoms with Crippen molar-refractivity contribution in [2.24, 2.45) is 7.05 Å². The summed E-state index contributed by atoms with van der Waals surface area (Å²) in [6.45, 7) is 4.68. The Labute approximate surface area is 222 Å². The number of nitrogens with zero attached hydrogens (tertiary/aromatic N) is 2. The van der Waals surface area contributed by atoms with Crippen molar-refractivity contribution in [3.8, 4) is 27.9 Å². The first-order valence-electron chi connectivity index (χ1n) is 13.4. The van der Waals surface area contributed by atoms with Crippen LogP contribution < -0.4 is 0 Å². The summed E-state index contributed by atoms with van der Waals surface area (Å²) in [7, 11) is 2.18. The second-order valence-corrected chi connectivity index (χ2v) is 11.1. The first-order chi connectivity index (χ1) is 18.5. The number of aryl methyl sites for hydroxylation is 1. The summed E-state index contributed by atoms with van der Waals surface area (Å²) in [4.78, 5) is 0. The highest BCUT2D eigenvalue weighted by molar-refractivity contribution is 6.22. The van der Waals surface area contributed by atoms with E-state index in [1.807, 2.05) is 0 Å². The lowest BCUT2D eigenvalue weighted by atomic mass is 9.82. The lowest BCUT2D eigenvalue weighted by molar-refractivity contribution is 0.660. The minimum Gasteiger partial charge on any atom is -0.329 e. The molecule has 0 amide bonds. The molecule has 5 aromatic carbocycles. The standard InChI is InChI=1S/C36H28N2/c1-36(2)30-15-9-7-13-26(30)28-21-23(17-19-31(28)36)24-18-20-33-29(22-24)34-27-14-8-10-16-32(27)37(3)35(34)38(33)25-11-5-4-6-12-25/h4-22H,1-3H3. The van der Waals surface area contributed by atoms with Crippen LogP contribution in [0.25, 0.3) is 60.8 Å². The highest BCUT2D eigenvalue weighted by atomic mass is 15.1. The van der Waals surface area contributed by atoms with Gasteiger partial charge in [0.25, 0.3) is 0 Å². The Kier molecular flexibility index (Phi) is 4.24. The summed E-state index contributed by atoms with van der Waals surface area (Å²) in [5.74, 6) is 0. The maximum Gasteiger partial charge on any atom is 0.126 e. The van der Waals surface area contributed by atoms with Gasteiger partial charge in [-0.25, -0.2) is 0 Å². The molecule has 7 aromatic rings. The van der Waals surface area contributed by atoms with Gasteiger partial charge in [-0.15, -0.1) is 0 Å². The molecule has 0 atom stereocenters. The van der Waals surface area contributed by atoms with Crippen molar-refractivity contribution >= 4 is 32.8 Å². The lowest BCUT2D eigenvalue weighted by Gasteiger charge is -2.21. The molecule has 2 heterocycles. The van der Waals surface area contributed by atoms with Crippen LogP contribution in [0.1, 0.15) is 25.0 Å². The second kappa shape index (κ2) is 7.49. The smallest absolute Gasteiger partial charge is 0.126 e. The van der Waals surface area contributed by atoms with Crippen molar-refractivity contribution < 1.29 is 0 Å². The topological polar surface area (TPSA) is 9.86 Å². The average molecular weight is 489 g/mol. The molecule has 8 rings (SSSR count). The number of aromatic nitrogens is 2. The molecule has 0 fully saturated rings. The van der Waals surface area contributed by atoms with E-state index in [-0.39, 0.29) is 5.41 Å². The largest absolute Gasteiger partial charge is 0.329 e. The fourth-order valence-corrected chi connectivity index (χ4v) is 6.87. The van der Waals surface area contributed by atoms with Crippen LogP contribution in [0.4, 0.5) is 0 Å². The zero-order valence-corrected chi connectivity index (χ0v) is 21.9. The normalized spacial score (nSPS) is 13.9. The molecule has 2 heteroatoms. The van der Waals surface area contributed by atoms with Crippen molar-refractivity contribution in [2.45, 2.75) is 19.3 Å². The predicted octanol–water partition coefficient (Wildman–Crippen LogP) is 9.25. The van der Waals surface area contributed by atoms with Crippen LogP contribution in [0, 0.1) is 0 Å². The van der Waals surface area contributed by atoms with E-state index in [2.05, 4.69) is 145 Å². The molecular weight excluding hydrogens is 460 g/mol. The van der Waals surface area contributed by atoms with Gasteiger partial charge in [-0.05, 0) is 69.8 Å². The van der Waals surface area contributed by atoms with Crippen LogP contribution in [-0.2, 0) is 12.5 Å². The Bertz CT molecular complexity index is 2050. The number of rotatable bonds is 2. The van der Waals surface area contributed by atoms with Crippen molar-refractivity contribution in [2.75, 3.05) is 0 Å². The van der Waals surface area contributed by atoms with Gasteiger partial charge in [-0.1, -0.05) is 92.7 Å². The van der Waals surface area contributed by atoms with E-state index >= 15 is 0 Å². The van der Waals surface area contributed by atoms with Crippen LogP contribution in [0.5, 0.6) is 0 Å². The molecule has 1 aliphatic carbocycles. The van der Waals surface area contributed by atoms with Crippen molar-refractivity contribution in [3.05, 3.63) is 126 Å². The summed E-state index contributed by atoms with van der Waals surface area (Å²) in [5, 5.41) is 3.90. The fourth-order valence-electron chi connectivity index (χ4n) is 6.87. The van der Waals surface area contributed by atoms with E-state index in [1.165, 1.54) is 71.9 Å². The van der Waals surface area contributed by atoms with E-state index in [4.69, 9.17) is 0 Å². The van der Waals surface area contributed by atoms with Crippen LogP contribution in [0.15, 0.2) is 115 Å². The predicted molar refractivity (Wildman–Crippen MR) is 160 cm³/mol. The van der Waals surface area contributed by atoms with Crippen LogP contribution >= 0.6 is 0 Å². The molecule has 0 spiro atoms. The molecule has 38 heavy (non-hydrogen) atoms. The maximum atomic E-state index is 2.41. The van der Waals surface area contributed by atoms with Crippen LogP contribution in [-0.4, -0.2) is 9.13 Å². The third-order valence-electron chi connectivity index (χ3n) is 8.73. The Hall–Kier alpha value is -4.56. The molecule has 2 nitrogen and oxygen atoms in total. The van der Waals surface area contributed by atoms with E-state index in [0.717, 1.165) is 0 Å². The molecule has 0 aliphatic heterocycles. The third kappa shape index (κ3) is 2.72. The lowest BCUT2D eigenvalue weighted by Crippen LogP contribution is -2.14. The molecule has 0 bridgehead atoms. The van der Waals surface area contributed by atoms with Crippen molar-refractivity contribution in [1.82, 2.24) is 9.13 Å². The second-order valence-electron chi connectivity index (χ2n) is 11.1. The van der Waals surface area contributed by atoms with Gasteiger partial charge < -0.3 is 4.57 Å². The van der Waals surface area contributed by atoms with Crippen molar-refractivity contribution in [3.63, 3.8) is 0 Å². The maximum absolute atomic E-state index is 2.41. The van der Waals surface area contributed by atoms with E-state index in [0.29, 0.717) is 0 Å². The summed E-state index contributed by atoms with van der Waals surface area (Å²) >= 11 is 0. The Morgan fingerprint density at radius 2 is 1.24 bits per heavy atom. The molecule has 0 N–H and O–H groups in total. The van der Waals surface area contributed by atoms with Gasteiger partial charge in [0, 0.05) is 34.3 Å². The molecule has 0 saturated carbocycles. The van der Waals surface area contributed by atoms with Crippen LogP contribution in [0.2, 0.25) is 0 Å². The Morgan fingerprint density at radius 1 is 0.553 bits per heavy atom. The van der Waals surface area contributed by atoms with Gasteiger partial charge in [-0.2, -0.15) is 0 Å². The van der Waals surface area contributed by atoms with Gasteiger partial charge in [0.15, 0.2) is 0 Å². The highest BCUT2D eigenvalue weighted by Gasteiger charge is 2.35. The Morgan fingerprint density at radius 3 is 2.11 bits per heavy atom. The quantitative estimate of drug-likeness (QED) is 0.229. The zero-order chi connectivity index (χ0) is 25.6. The number of para-hydroxylation sites is 2. The molecule has 0 unspecified atom stereocenters. The molecule has 0 radical (unpaired) electrons. The van der Waals surface area contributed by atoms with Gasteiger partial charge >= 0.3 is 0 Å². The van der Waals surface area contributed by atoms with Gasteiger partial charge in [0.2, 0.25) is 0 Å². The molecule has 2 aromatic heterocycles. The molecule has 182 valence electrons. The SMILES string of the molecule is Cn1c2ccccc2c2c3cc(-c4ccc5c(c4)-c4ccccc4C5(C)C)ccc3n(-c3ccccc3)c21. The molecule has 1 aliphatic rings.